The topological polar surface area (TPSA) is 83.0 Å². The van der Waals surface area contributed by atoms with Crippen LogP contribution in [0.2, 0.25) is 4.34 Å². The van der Waals surface area contributed by atoms with Gasteiger partial charge in [-0.05, 0) is 35.4 Å². The Morgan fingerprint density at radius 2 is 1.94 bits per heavy atom. The Bertz CT molecular complexity index is 1180. The van der Waals surface area contributed by atoms with Gasteiger partial charge in [0.15, 0.2) is 0 Å². The number of carbonyl (C=O) groups is 2. The van der Waals surface area contributed by atoms with Gasteiger partial charge in [0, 0.05) is 55.5 Å². The Hall–Kier alpha value is -3.04. The summed E-state index contributed by atoms with van der Waals surface area (Å²) in [7, 11) is 1.57. The molecule has 7 nitrogen and oxygen atoms in total. The third kappa shape index (κ3) is 6.15. The third-order valence-electron chi connectivity index (χ3n) is 6.01. The number of benzene rings is 1. The number of carbonyl (C=O) groups excluding carboxylic acids is 2. The van der Waals surface area contributed by atoms with E-state index in [-0.39, 0.29) is 18.4 Å². The van der Waals surface area contributed by atoms with E-state index in [0.29, 0.717) is 24.0 Å². The zero-order chi connectivity index (χ0) is 24.8. The van der Waals surface area contributed by atoms with Gasteiger partial charge in [-0.3, -0.25) is 9.69 Å². The van der Waals surface area contributed by atoms with Gasteiger partial charge in [0.05, 0.1) is 23.0 Å². The zero-order valence-corrected chi connectivity index (χ0v) is 20.8. The summed E-state index contributed by atoms with van der Waals surface area (Å²) in [6, 6.07) is 14.2. The maximum atomic E-state index is 13.0. The Labute approximate surface area is 213 Å². The molecule has 182 valence electrons. The molecule has 35 heavy (non-hydrogen) atoms. The summed E-state index contributed by atoms with van der Waals surface area (Å²) in [6.45, 7) is 1.89. The fourth-order valence-corrected chi connectivity index (χ4v) is 5.20. The van der Waals surface area contributed by atoms with E-state index in [0.717, 1.165) is 27.9 Å². The molecule has 9 heteroatoms. The summed E-state index contributed by atoms with van der Waals surface area (Å²) in [6.07, 6.45) is 5.80. The van der Waals surface area contributed by atoms with Crippen molar-refractivity contribution in [3.8, 4) is 17.0 Å². The second-order valence-corrected chi connectivity index (χ2v) is 9.98. The van der Waals surface area contributed by atoms with Crippen molar-refractivity contribution in [3.05, 3.63) is 75.6 Å². The number of methoxy groups -OCH3 is 1. The van der Waals surface area contributed by atoms with Crippen molar-refractivity contribution in [1.82, 2.24) is 14.8 Å². The molecule has 0 spiro atoms. The molecule has 3 aromatic rings. The van der Waals surface area contributed by atoms with E-state index in [1.54, 1.807) is 36.4 Å². The minimum atomic E-state index is -0.488. The Morgan fingerprint density at radius 3 is 2.57 bits per heavy atom. The highest BCUT2D eigenvalue weighted by Gasteiger charge is 2.38. The first kappa shape index (κ1) is 25.1. The molecule has 1 amide bonds. The number of amides is 1. The van der Waals surface area contributed by atoms with Crippen molar-refractivity contribution in [1.29, 1.82) is 0 Å². The average molecular weight is 512 g/mol. The number of aromatic nitrogens is 1. The van der Waals surface area contributed by atoms with Crippen molar-refractivity contribution < 1.29 is 19.4 Å². The fourth-order valence-electron chi connectivity index (χ4n) is 4.23. The van der Waals surface area contributed by atoms with E-state index in [1.807, 2.05) is 36.4 Å². The molecule has 2 aromatic heterocycles. The molecule has 1 aliphatic heterocycles. The molecule has 1 saturated heterocycles. The molecule has 0 aliphatic carbocycles. The summed E-state index contributed by atoms with van der Waals surface area (Å²) < 4.78 is 6.05. The maximum absolute atomic E-state index is 13.0. The van der Waals surface area contributed by atoms with Crippen molar-refractivity contribution >= 4 is 41.2 Å². The van der Waals surface area contributed by atoms with Crippen molar-refractivity contribution in [3.63, 3.8) is 0 Å². The first-order valence-corrected chi connectivity index (χ1v) is 12.3. The molecule has 1 aliphatic rings. The summed E-state index contributed by atoms with van der Waals surface area (Å²) >= 11 is 7.37. The van der Waals surface area contributed by atoms with E-state index in [1.165, 1.54) is 17.4 Å². The van der Waals surface area contributed by atoms with Crippen molar-refractivity contribution in [2.24, 2.45) is 0 Å². The lowest BCUT2D eigenvalue weighted by atomic mass is 10.0. The molecule has 3 heterocycles. The molecular formula is C26H26ClN3O4S. The van der Waals surface area contributed by atoms with Gasteiger partial charge in [0.2, 0.25) is 11.8 Å². The monoisotopic (exact) mass is 511 g/mol. The summed E-state index contributed by atoms with van der Waals surface area (Å²) in [5, 5.41) is 9.39. The zero-order valence-electron chi connectivity index (χ0n) is 19.2. The second-order valence-electron chi connectivity index (χ2n) is 8.23. The number of nitrogens with zero attached hydrogens (tertiary/aromatic N) is 3. The van der Waals surface area contributed by atoms with Gasteiger partial charge in [0.25, 0.3) is 0 Å². The van der Waals surface area contributed by atoms with E-state index in [2.05, 4.69) is 9.88 Å². The minimum absolute atomic E-state index is 0.0140. The average Bonchev–Trinajstić information content (AvgIpc) is 3.29. The van der Waals surface area contributed by atoms with Gasteiger partial charge >= 0.3 is 0 Å². The third-order valence-corrected chi connectivity index (χ3v) is 7.21. The van der Waals surface area contributed by atoms with Crippen LogP contribution in [0.1, 0.15) is 10.4 Å². The van der Waals surface area contributed by atoms with E-state index < -0.39 is 12.1 Å². The predicted molar refractivity (Wildman–Crippen MR) is 137 cm³/mol. The van der Waals surface area contributed by atoms with E-state index in [4.69, 9.17) is 16.3 Å². The number of halogens is 1. The van der Waals surface area contributed by atoms with Crippen LogP contribution in [0.25, 0.3) is 17.2 Å². The van der Waals surface area contributed by atoms with Crippen LogP contribution in [0, 0.1) is 0 Å². The standard InChI is InChI=1S/C26H26ClN3O4S/c1-34-17-23-22(16-31)29(12-13-30(23)26(33)11-8-21-7-9-24(27)35-21)15-18-2-4-19(5-3-18)20-6-10-25(32)28-14-20/h2-11,14,16,22-23H,12-13,15,17H2,1H3,(H,28,32)/b11-8+/t22?,23-/m1/s1. The Balaban J connectivity index is 1.46. The summed E-state index contributed by atoms with van der Waals surface area (Å²) in [4.78, 5) is 33.8. The molecule has 1 fully saturated rings. The Morgan fingerprint density at radius 1 is 1.17 bits per heavy atom. The van der Waals surface area contributed by atoms with Crippen LogP contribution in [0.5, 0.6) is 5.88 Å². The van der Waals surface area contributed by atoms with Crippen LogP contribution >= 0.6 is 22.9 Å². The number of pyridine rings is 1. The quantitative estimate of drug-likeness (QED) is 0.362. The van der Waals surface area contributed by atoms with Gasteiger partial charge < -0.3 is 19.5 Å². The molecule has 2 atom stereocenters. The largest absolute Gasteiger partial charge is 0.493 e. The molecule has 0 saturated carbocycles. The minimum Gasteiger partial charge on any atom is -0.493 e. The number of hydrogen-bond acceptors (Lipinski definition) is 7. The maximum Gasteiger partial charge on any atom is 0.247 e. The van der Waals surface area contributed by atoms with Crippen LogP contribution < -0.4 is 0 Å². The SMILES string of the molecule is COC[C@@H]1C(C=O)N(Cc2ccc(-c3ccc(O)nc3)cc2)CCN1C(=O)/C=C/c1ccc(Cl)s1. The first-order valence-electron chi connectivity index (χ1n) is 11.1. The molecule has 1 N–H and O–H groups in total. The number of aldehydes is 1. The molecule has 4 rings (SSSR count). The molecule has 1 aromatic carbocycles. The van der Waals surface area contributed by atoms with Crippen molar-refractivity contribution in [2.45, 2.75) is 18.6 Å². The van der Waals surface area contributed by atoms with Crippen LogP contribution in [0.4, 0.5) is 0 Å². The van der Waals surface area contributed by atoms with Gasteiger partial charge in [-0.15, -0.1) is 11.3 Å². The number of rotatable bonds is 8. The smallest absolute Gasteiger partial charge is 0.247 e. The Kier molecular flexibility index (Phi) is 8.30. The van der Waals surface area contributed by atoms with Crippen LogP contribution in [-0.4, -0.2) is 71.0 Å². The first-order chi connectivity index (χ1) is 17.0. The highest BCUT2D eigenvalue weighted by Crippen LogP contribution is 2.25. The second kappa shape index (κ2) is 11.6. The fraction of sp³-hybridized carbons (Fsp3) is 0.269. The van der Waals surface area contributed by atoms with Gasteiger partial charge in [-0.1, -0.05) is 35.9 Å². The number of piperazine rings is 1. The van der Waals surface area contributed by atoms with Gasteiger partial charge in [-0.25, -0.2) is 4.98 Å². The highest BCUT2D eigenvalue weighted by molar-refractivity contribution is 7.17. The number of ether oxygens (including phenoxy) is 1. The number of thiophene rings is 1. The lowest BCUT2D eigenvalue weighted by molar-refractivity contribution is -0.138. The lowest BCUT2D eigenvalue weighted by Crippen LogP contribution is -2.62. The molecular weight excluding hydrogens is 486 g/mol. The number of hydrogen-bond donors (Lipinski definition) is 1. The number of aromatic hydroxyl groups is 1. The van der Waals surface area contributed by atoms with Crippen molar-refractivity contribution in [2.75, 3.05) is 26.8 Å². The molecule has 0 bridgehead atoms. The van der Waals surface area contributed by atoms with Crippen LogP contribution in [-0.2, 0) is 20.9 Å². The molecule has 0 radical (unpaired) electrons. The van der Waals surface area contributed by atoms with Gasteiger partial charge in [0.1, 0.15) is 6.29 Å². The van der Waals surface area contributed by atoms with Crippen LogP contribution in [0.15, 0.2) is 60.8 Å². The normalized spacial score (nSPS) is 18.7. The van der Waals surface area contributed by atoms with Gasteiger partial charge in [-0.2, -0.15) is 0 Å². The lowest BCUT2D eigenvalue weighted by Gasteiger charge is -2.45. The predicted octanol–water partition coefficient (Wildman–Crippen LogP) is 4.11. The summed E-state index contributed by atoms with van der Waals surface area (Å²) in [5.74, 6) is -0.171. The van der Waals surface area contributed by atoms with E-state index >= 15 is 0 Å². The molecule has 1 unspecified atom stereocenters. The van der Waals surface area contributed by atoms with E-state index in [9.17, 15) is 14.7 Å². The highest BCUT2D eigenvalue weighted by atomic mass is 35.5. The summed E-state index contributed by atoms with van der Waals surface area (Å²) in [5.41, 5.74) is 2.95. The van der Waals surface area contributed by atoms with Crippen LogP contribution in [0.3, 0.4) is 0 Å².